The van der Waals surface area contributed by atoms with Crippen molar-refractivity contribution in [2.45, 2.75) is 58.4 Å². The number of carbonyl (C=O) groups is 2. The van der Waals surface area contributed by atoms with Crippen LogP contribution in [0.1, 0.15) is 52.4 Å². The molecule has 2 saturated heterocycles. The van der Waals surface area contributed by atoms with Crippen LogP contribution in [-0.2, 0) is 9.53 Å². The molecular formula is C14H23NO3. The smallest absolute Gasteiger partial charge is 0.410 e. The molecule has 3 aliphatic rings. The van der Waals surface area contributed by atoms with Crippen molar-refractivity contribution < 1.29 is 14.3 Å². The standard InChI is InChI=1S/C14H23NO3/c1-3-4-9-18-13(17)15-10-14(11(2)16)7-5-12(15)6-8-14/h12H,3-10H2,1-2H3. The third kappa shape index (κ3) is 2.38. The quantitative estimate of drug-likeness (QED) is 0.724. The number of fused-ring (bicyclic) bond motifs is 3. The van der Waals surface area contributed by atoms with Crippen molar-refractivity contribution >= 4 is 11.9 Å². The van der Waals surface area contributed by atoms with Gasteiger partial charge >= 0.3 is 6.09 Å². The molecular weight excluding hydrogens is 230 g/mol. The van der Waals surface area contributed by atoms with Crippen molar-refractivity contribution in [1.29, 1.82) is 0 Å². The summed E-state index contributed by atoms with van der Waals surface area (Å²) in [5.41, 5.74) is -0.279. The Labute approximate surface area is 109 Å². The fraction of sp³-hybridized carbons (Fsp3) is 0.857. The third-order valence-electron chi connectivity index (χ3n) is 4.53. The van der Waals surface area contributed by atoms with E-state index in [4.69, 9.17) is 4.74 Å². The number of unbranched alkanes of at least 4 members (excludes halogenated alkanes) is 1. The molecule has 0 atom stereocenters. The Balaban J connectivity index is 1.98. The van der Waals surface area contributed by atoms with Crippen LogP contribution in [0.25, 0.3) is 0 Å². The van der Waals surface area contributed by atoms with E-state index < -0.39 is 0 Å². The molecule has 3 rings (SSSR count). The summed E-state index contributed by atoms with van der Waals surface area (Å²) >= 11 is 0. The summed E-state index contributed by atoms with van der Waals surface area (Å²) in [5, 5.41) is 0. The molecule has 2 aliphatic heterocycles. The maximum atomic E-state index is 12.0. The first-order chi connectivity index (χ1) is 8.59. The predicted octanol–water partition coefficient (Wildman–Crippen LogP) is 2.76. The summed E-state index contributed by atoms with van der Waals surface area (Å²) in [6.45, 7) is 4.79. The lowest BCUT2D eigenvalue weighted by molar-refractivity contribution is -0.135. The Morgan fingerprint density at radius 1 is 1.33 bits per heavy atom. The van der Waals surface area contributed by atoms with Crippen LogP contribution in [0.5, 0.6) is 0 Å². The summed E-state index contributed by atoms with van der Waals surface area (Å²) in [5.74, 6) is 0.229. The molecule has 4 nitrogen and oxygen atoms in total. The van der Waals surface area contributed by atoms with Gasteiger partial charge in [-0.2, -0.15) is 0 Å². The number of carbonyl (C=O) groups excluding carboxylic acids is 2. The van der Waals surface area contributed by atoms with E-state index in [1.165, 1.54) is 0 Å². The number of ether oxygens (including phenoxy) is 1. The van der Waals surface area contributed by atoms with Crippen molar-refractivity contribution in [2.75, 3.05) is 13.2 Å². The Morgan fingerprint density at radius 3 is 2.56 bits per heavy atom. The zero-order chi connectivity index (χ0) is 13.2. The molecule has 0 unspecified atom stereocenters. The van der Waals surface area contributed by atoms with Crippen LogP contribution in [0.2, 0.25) is 0 Å². The van der Waals surface area contributed by atoms with Gasteiger partial charge in [-0.15, -0.1) is 0 Å². The summed E-state index contributed by atoms with van der Waals surface area (Å²) in [6.07, 6.45) is 5.47. The van der Waals surface area contributed by atoms with Crippen molar-refractivity contribution in [1.82, 2.24) is 4.90 Å². The minimum Gasteiger partial charge on any atom is -0.449 e. The molecule has 0 aromatic carbocycles. The van der Waals surface area contributed by atoms with Gasteiger partial charge < -0.3 is 9.64 Å². The lowest BCUT2D eigenvalue weighted by Crippen LogP contribution is -2.58. The number of Topliss-reactive ketones (excluding diaryl/α,β-unsaturated/α-hetero) is 1. The van der Waals surface area contributed by atoms with Gasteiger partial charge in [0, 0.05) is 18.0 Å². The highest BCUT2D eigenvalue weighted by molar-refractivity contribution is 5.84. The average Bonchev–Trinajstić information content (AvgIpc) is 2.40. The number of rotatable bonds is 4. The number of amides is 1. The van der Waals surface area contributed by atoms with Crippen molar-refractivity contribution in [3.63, 3.8) is 0 Å². The molecule has 1 aliphatic carbocycles. The zero-order valence-electron chi connectivity index (χ0n) is 11.4. The first-order valence-electron chi connectivity index (χ1n) is 7.03. The lowest BCUT2D eigenvalue weighted by Gasteiger charge is -2.50. The third-order valence-corrected chi connectivity index (χ3v) is 4.53. The van der Waals surface area contributed by atoms with Gasteiger partial charge in [0.15, 0.2) is 0 Å². The molecule has 0 aromatic heterocycles. The fourth-order valence-electron chi connectivity index (χ4n) is 3.14. The van der Waals surface area contributed by atoms with Gasteiger partial charge in [0.2, 0.25) is 0 Å². The molecule has 0 spiro atoms. The highest BCUT2D eigenvalue weighted by Gasteiger charge is 2.49. The van der Waals surface area contributed by atoms with Crippen LogP contribution in [0.3, 0.4) is 0 Å². The molecule has 0 aromatic rings. The molecule has 3 fully saturated rings. The van der Waals surface area contributed by atoms with E-state index >= 15 is 0 Å². The second kappa shape index (κ2) is 5.29. The molecule has 0 N–H and O–H groups in total. The predicted molar refractivity (Wildman–Crippen MR) is 68.3 cm³/mol. The van der Waals surface area contributed by atoms with Crippen molar-refractivity contribution in [2.24, 2.45) is 5.41 Å². The van der Waals surface area contributed by atoms with Crippen LogP contribution in [0.15, 0.2) is 0 Å². The van der Waals surface area contributed by atoms with Crippen LogP contribution in [-0.4, -0.2) is 36.0 Å². The SMILES string of the molecule is CCCCOC(=O)N1CC2(C(C)=O)CCC1CC2. The zero-order valence-corrected chi connectivity index (χ0v) is 11.4. The van der Waals surface area contributed by atoms with E-state index in [-0.39, 0.29) is 17.3 Å². The van der Waals surface area contributed by atoms with Gasteiger partial charge in [-0.3, -0.25) is 4.79 Å². The van der Waals surface area contributed by atoms with Gasteiger partial charge in [-0.25, -0.2) is 4.79 Å². The van der Waals surface area contributed by atoms with Gasteiger partial charge in [0.05, 0.1) is 6.61 Å². The maximum Gasteiger partial charge on any atom is 0.410 e. The van der Waals surface area contributed by atoms with Gasteiger partial charge in [-0.1, -0.05) is 13.3 Å². The topological polar surface area (TPSA) is 46.6 Å². The summed E-state index contributed by atoms with van der Waals surface area (Å²) in [6, 6.07) is 0.292. The maximum absolute atomic E-state index is 12.0. The molecule has 18 heavy (non-hydrogen) atoms. The van der Waals surface area contributed by atoms with Crippen LogP contribution in [0.4, 0.5) is 4.79 Å². The molecule has 2 bridgehead atoms. The minimum absolute atomic E-state index is 0.224. The first-order valence-corrected chi connectivity index (χ1v) is 7.03. The highest BCUT2D eigenvalue weighted by atomic mass is 16.6. The lowest BCUT2D eigenvalue weighted by atomic mass is 9.66. The fourth-order valence-corrected chi connectivity index (χ4v) is 3.14. The first kappa shape index (κ1) is 13.4. The summed E-state index contributed by atoms with van der Waals surface area (Å²) in [7, 11) is 0. The second-order valence-corrected chi connectivity index (χ2v) is 5.66. The van der Waals surface area contributed by atoms with Crippen LogP contribution >= 0.6 is 0 Å². The second-order valence-electron chi connectivity index (χ2n) is 5.66. The number of nitrogens with zero attached hydrogens (tertiary/aromatic N) is 1. The minimum atomic E-state index is -0.279. The number of ketones is 1. The Kier molecular flexibility index (Phi) is 3.93. The van der Waals surface area contributed by atoms with Crippen LogP contribution < -0.4 is 0 Å². The summed E-state index contributed by atoms with van der Waals surface area (Å²) < 4.78 is 5.27. The number of piperidine rings is 2. The van der Waals surface area contributed by atoms with E-state index in [1.54, 1.807) is 11.8 Å². The average molecular weight is 253 g/mol. The Hall–Kier alpha value is -1.06. The van der Waals surface area contributed by atoms with Gasteiger partial charge in [-0.05, 0) is 39.0 Å². The highest BCUT2D eigenvalue weighted by Crippen LogP contribution is 2.45. The van der Waals surface area contributed by atoms with E-state index in [1.807, 2.05) is 0 Å². The monoisotopic (exact) mass is 253 g/mol. The molecule has 1 saturated carbocycles. The Bertz CT molecular complexity index is 332. The van der Waals surface area contributed by atoms with E-state index in [2.05, 4.69) is 6.92 Å². The molecule has 0 radical (unpaired) electrons. The van der Waals surface area contributed by atoms with Crippen LogP contribution in [0, 0.1) is 5.41 Å². The largest absolute Gasteiger partial charge is 0.449 e. The van der Waals surface area contributed by atoms with Crippen molar-refractivity contribution in [3.8, 4) is 0 Å². The van der Waals surface area contributed by atoms with Gasteiger partial charge in [0.25, 0.3) is 0 Å². The summed E-state index contributed by atoms with van der Waals surface area (Å²) in [4.78, 5) is 25.6. The Morgan fingerprint density at radius 2 is 2.00 bits per heavy atom. The number of hydrogen-bond acceptors (Lipinski definition) is 3. The van der Waals surface area contributed by atoms with E-state index in [0.717, 1.165) is 38.5 Å². The molecule has 1 amide bonds. The van der Waals surface area contributed by atoms with Gasteiger partial charge in [0.1, 0.15) is 5.78 Å². The normalized spacial score (nSPS) is 30.3. The van der Waals surface area contributed by atoms with E-state index in [9.17, 15) is 9.59 Å². The molecule has 4 heteroatoms. The van der Waals surface area contributed by atoms with E-state index in [0.29, 0.717) is 19.2 Å². The molecule has 2 heterocycles. The van der Waals surface area contributed by atoms with Crippen molar-refractivity contribution in [3.05, 3.63) is 0 Å². The molecule has 102 valence electrons. The number of hydrogen-bond donors (Lipinski definition) is 0.